The van der Waals surface area contributed by atoms with E-state index in [9.17, 15) is 4.79 Å². The number of pyridine rings is 1. The SMILES string of the molecule is COc1cc(OC)nc(C(=O)N(C)c2ccnc(C)c2)n1. The zero-order valence-corrected chi connectivity index (χ0v) is 12.3. The number of aromatic nitrogens is 3. The molecule has 0 saturated heterocycles. The molecule has 0 spiro atoms. The number of aryl methyl sites for hydroxylation is 1. The summed E-state index contributed by atoms with van der Waals surface area (Å²) in [7, 11) is 4.57. The van der Waals surface area contributed by atoms with E-state index in [4.69, 9.17) is 9.47 Å². The number of nitrogens with zero attached hydrogens (tertiary/aromatic N) is 4. The van der Waals surface area contributed by atoms with Crippen molar-refractivity contribution in [1.29, 1.82) is 0 Å². The summed E-state index contributed by atoms with van der Waals surface area (Å²) in [6, 6.07) is 5.05. The van der Waals surface area contributed by atoms with E-state index in [2.05, 4.69) is 15.0 Å². The van der Waals surface area contributed by atoms with Gasteiger partial charge in [-0.25, -0.2) is 0 Å². The van der Waals surface area contributed by atoms with Gasteiger partial charge in [-0.15, -0.1) is 0 Å². The van der Waals surface area contributed by atoms with Gasteiger partial charge < -0.3 is 14.4 Å². The minimum Gasteiger partial charge on any atom is -0.481 e. The third kappa shape index (κ3) is 3.25. The van der Waals surface area contributed by atoms with Crippen molar-refractivity contribution in [2.45, 2.75) is 6.92 Å². The van der Waals surface area contributed by atoms with Crippen molar-refractivity contribution in [3.63, 3.8) is 0 Å². The van der Waals surface area contributed by atoms with Crippen LogP contribution < -0.4 is 14.4 Å². The van der Waals surface area contributed by atoms with E-state index in [0.717, 1.165) is 5.69 Å². The first-order chi connectivity index (χ1) is 10.0. The quantitative estimate of drug-likeness (QED) is 0.848. The Labute approximate surface area is 122 Å². The summed E-state index contributed by atoms with van der Waals surface area (Å²) < 4.78 is 10.1. The lowest BCUT2D eigenvalue weighted by Gasteiger charge is -2.17. The molecule has 0 bridgehead atoms. The van der Waals surface area contributed by atoms with Gasteiger partial charge in [0.1, 0.15) is 0 Å². The maximum atomic E-state index is 12.5. The third-order valence-corrected chi connectivity index (χ3v) is 2.86. The van der Waals surface area contributed by atoms with Crippen LogP contribution in [0.4, 0.5) is 5.69 Å². The highest BCUT2D eigenvalue weighted by atomic mass is 16.5. The van der Waals surface area contributed by atoms with Gasteiger partial charge in [-0.2, -0.15) is 9.97 Å². The van der Waals surface area contributed by atoms with Gasteiger partial charge in [0.05, 0.1) is 20.3 Å². The molecule has 7 heteroatoms. The summed E-state index contributed by atoms with van der Waals surface area (Å²) in [5, 5.41) is 0. The van der Waals surface area contributed by atoms with E-state index >= 15 is 0 Å². The molecule has 7 nitrogen and oxygen atoms in total. The fraction of sp³-hybridized carbons (Fsp3) is 0.286. The maximum Gasteiger partial charge on any atom is 0.296 e. The van der Waals surface area contributed by atoms with E-state index in [-0.39, 0.29) is 23.5 Å². The van der Waals surface area contributed by atoms with Gasteiger partial charge in [0.2, 0.25) is 17.6 Å². The predicted molar refractivity (Wildman–Crippen MR) is 76.8 cm³/mol. The van der Waals surface area contributed by atoms with Gasteiger partial charge in [0.15, 0.2) is 0 Å². The summed E-state index contributed by atoms with van der Waals surface area (Å²) in [6.07, 6.45) is 1.64. The molecule has 0 saturated carbocycles. The summed E-state index contributed by atoms with van der Waals surface area (Å²) in [5.41, 5.74) is 1.52. The van der Waals surface area contributed by atoms with Crippen molar-refractivity contribution in [3.05, 3.63) is 35.9 Å². The van der Waals surface area contributed by atoms with Crippen molar-refractivity contribution in [3.8, 4) is 11.8 Å². The number of carbonyl (C=O) groups is 1. The fourth-order valence-corrected chi connectivity index (χ4v) is 1.72. The highest BCUT2D eigenvalue weighted by Gasteiger charge is 2.19. The summed E-state index contributed by atoms with van der Waals surface area (Å²) in [5.74, 6) is 0.176. The topological polar surface area (TPSA) is 77.4 Å². The fourth-order valence-electron chi connectivity index (χ4n) is 1.72. The second-order valence-electron chi connectivity index (χ2n) is 4.30. The van der Waals surface area contributed by atoms with Gasteiger partial charge in [0, 0.05) is 24.6 Å². The zero-order chi connectivity index (χ0) is 15.4. The van der Waals surface area contributed by atoms with Crippen LogP contribution in [0.3, 0.4) is 0 Å². The second kappa shape index (κ2) is 6.17. The zero-order valence-electron chi connectivity index (χ0n) is 12.3. The number of amides is 1. The summed E-state index contributed by atoms with van der Waals surface area (Å²) in [6.45, 7) is 1.85. The van der Waals surface area contributed by atoms with E-state index < -0.39 is 0 Å². The molecule has 0 N–H and O–H groups in total. The van der Waals surface area contributed by atoms with Crippen molar-refractivity contribution in [1.82, 2.24) is 15.0 Å². The van der Waals surface area contributed by atoms with Crippen LogP contribution in [0.25, 0.3) is 0 Å². The Balaban J connectivity index is 2.35. The summed E-state index contributed by atoms with van der Waals surface area (Å²) in [4.78, 5) is 26.1. The Hall–Kier alpha value is -2.70. The molecule has 0 aromatic carbocycles. The van der Waals surface area contributed by atoms with Crippen molar-refractivity contribution in [2.75, 3.05) is 26.2 Å². The molecule has 0 atom stereocenters. The number of anilines is 1. The van der Waals surface area contributed by atoms with Crippen LogP contribution in [0.15, 0.2) is 24.4 Å². The molecule has 0 aliphatic carbocycles. The molecule has 0 fully saturated rings. The average Bonchev–Trinajstić information content (AvgIpc) is 2.52. The number of hydrogen-bond acceptors (Lipinski definition) is 6. The Morgan fingerprint density at radius 1 is 1.14 bits per heavy atom. The average molecular weight is 288 g/mol. The first-order valence-electron chi connectivity index (χ1n) is 6.23. The number of carbonyl (C=O) groups excluding carboxylic acids is 1. The van der Waals surface area contributed by atoms with E-state index in [1.807, 2.05) is 6.92 Å². The number of ether oxygens (including phenoxy) is 2. The molecule has 0 aliphatic rings. The Morgan fingerprint density at radius 2 is 1.76 bits per heavy atom. The number of hydrogen-bond donors (Lipinski definition) is 0. The molecule has 0 aliphatic heterocycles. The molecule has 2 rings (SSSR count). The third-order valence-electron chi connectivity index (χ3n) is 2.86. The molecular weight excluding hydrogens is 272 g/mol. The van der Waals surface area contributed by atoms with Gasteiger partial charge in [0.25, 0.3) is 5.91 Å². The van der Waals surface area contributed by atoms with Crippen molar-refractivity contribution in [2.24, 2.45) is 0 Å². The smallest absolute Gasteiger partial charge is 0.296 e. The van der Waals surface area contributed by atoms with Crippen molar-refractivity contribution < 1.29 is 14.3 Å². The highest BCUT2D eigenvalue weighted by Crippen LogP contribution is 2.18. The van der Waals surface area contributed by atoms with Crippen LogP contribution in [0.5, 0.6) is 11.8 Å². The van der Waals surface area contributed by atoms with Crippen LogP contribution in [0.2, 0.25) is 0 Å². The van der Waals surface area contributed by atoms with Gasteiger partial charge >= 0.3 is 0 Å². The Bertz CT molecular complexity index is 638. The standard InChI is InChI=1S/C14H16N4O3/c1-9-7-10(5-6-15-9)18(2)14(19)13-16-11(20-3)8-12(17-13)21-4/h5-8H,1-4H3. The number of rotatable bonds is 4. The second-order valence-corrected chi connectivity index (χ2v) is 4.30. The molecule has 21 heavy (non-hydrogen) atoms. The molecule has 0 unspecified atom stereocenters. The molecule has 1 amide bonds. The molecule has 0 radical (unpaired) electrons. The Morgan fingerprint density at radius 3 is 2.29 bits per heavy atom. The first kappa shape index (κ1) is 14.7. The van der Waals surface area contributed by atoms with E-state index in [1.165, 1.54) is 25.2 Å². The van der Waals surface area contributed by atoms with Gasteiger partial charge in [-0.05, 0) is 19.1 Å². The minimum absolute atomic E-state index is 0.00293. The van der Waals surface area contributed by atoms with Crippen molar-refractivity contribution >= 4 is 11.6 Å². The van der Waals surface area contributed by atoms with Crippen LogP contribution in [0, 0.1) is 6.92 Å². The monoisotopic (exact) mass is 288 g/mol. The molecule has 2 aromatic heterocycles. The largest absolute Gasteiger partial charge is 0.481 e. The van der Waals surface area contributed by atoms with Crippen LogP contribution in [-0.4, -0.2) is 42.1 Å². The van der Waals surface area contributed by atoms with Gasteiger partial charge in [-0.3, -0.25) is 9.78 Å². The molecule has 110 valence electrons. The summed E-state index contributed by atoms with van der Waals surface area (Å²) >= 11 is 0. The minimum atomic E-state index is -0.363. The number of methoxy groups -OCH3 is 2. The highest BCUT2D eigenvalue weighted by molar-refractivity contribution is 6.03. The molecular formula is C14H16N4O3. The first-order valence-corrected chi connectivity index (χ1v) is 6.23. The predicted octanol–water partition coefficient (Wildman–Crippen LogP) is 1.47. The Kier molecular flexibility index (Phi) is 4.32. The van der Waals surface area contributed by atoms with Crippen LogP contribution in [0.1, 0.15) is 16.3 Å². The molecule has 2 heterocycles. The van der Waals surface area contributed by atoms with Crippen LogP contribution >= 0.6 is 0 Å². The van der Waals surface area contributed by atoms with E-state index in [1.54, 1.807) is 25.4 Å². The van der Waals surface area contributed by atoms with Crippen LogP contribution in [-0.2, 0) is 0 Å². The lowest BCUT2D eigenvalue weighted by atomic mass is 10.3. The molecule has 2 aromatic rings. The normalized spacial score (nSPS) is 10.1. The van der Waals surface area contributed by atoms with Gasteiger partial charge in [-0.1, -0.05) is 0 Å². The lowest BCUT2D eigenvalue weighted by molar-refractivity contribution is 0.0981. The maximum absolute atomic E-state index is 12.5. The van der Waals surface area contributed by atoms with E-state index in [0.29, 0.717) is 5.69 Å². The lowest BCUT2D eigenvalue weighted by Crippen LogP contribution is -2.28.